The van der Waals surface area contributed by atoms with Crippen LogP contribution in [0, 0.1) is 5.41 Å². The predicted molar refractivity (Wildman–Crippen MR) is 94.8 cm³/mol. The molecular formula is C19H22N4O3. The third-order valence-electron chi connectivity index (χ3n) is 5.47. The lowest BCUT2D eigenvalue weighted by Crippen LogP contribution is -2.62. The number of rotatable bonds is 2. The van der Waals surface area contributed by atoms with Crippen LogP contribution in [-0.2, 0) is 4.79 Å². The summed E-state index contributed by atoms with van der Waals surface area (Å²) in [6.07, 6.45) is 4.64. The van der Waals surface area contributed by atoms with Crippen LogP contribution < -0.4 is 5.32 Å². The van der Waals surface area contributed by atoms with Gasteiger partial charge in [-0.05, 0) is 43.5 Å². The van der Waals surface area contributed by atoms with Gasteiger partial charge < -0.3 is 15.3 Å². The number of piperidine rings is 2. The average molecular weight is 354 g/mol. The minimum Gasteiger partial charge on any atom is -0.392 e. The molecule has 3 heterocycles. The molecule has 0 saturated carbocycles. The summed E-state index contributed by atoms with van der Waals surface area (Å²) in [5.74, 6) is -0.261. The van der Waals surface area contributed by atoms with Gasteiger partial charge in [-0.2, -0.15) is 5.10 Å². The molecule has 0 unspecified atom stereocenters. The van der Waals surface area contributed by atoms with Crippen LogP contribution in [0.25, 0.3) is 5.69 Å². The Morgan fingerprint density at radius 3 is 3.00 bits per heavy atom. The van der Waals surface area contributed by atoms with Crippen LogP contribution in [0.4, 0.5) is 0 Å². The lowest BCUT2D eigenvalue weighted by molar-refractivity contribution is -0.147. The molecule has 1 aromatic heterocycles. The van der Waals surface area contributed by atoms with E-state index in [4.69, 9.17) is 0 Å². The van der Waals surface area contributed by atoms with E-state index in [0.29, 0.717) is 31.5 Å². The maximum absolute atomic E-state index is 13.0. The van der Waals surface area contributed by atoms with E-state index in [1.165, 1.54) is 0 Å². The molecule has 2 aliphatic rings. The summed E-state index contributed by atoms with van der Waals surface area (Å²) in [6, 6.07) is 9.11. The third kappa shape index (κ3) is 2.78. The van der Waals surface area contributed by atoms with E-state index in [0.717, 1.165) is 12.1 Å². The number of carbonyl (C=O) groups excluding carboxylic acids is 2. The highest BCUT2D eigenvalue weighted by Gasteiger charge is 2.50. The SMILES string of the molecule is O=C(c1cccc(-n2cccn2)c1)N1CC[C@H](O)[C@@]2(CCCNC2=O)C1. The van der Waals surface area contributed by atoms with Crippen LogP contribution in [0.15, 0.2) is 42.7 Å². The predicted octanol–water partition coefficient (Wildman–Crippen LogP) is 0.975. The van der Waals surface area contributed by atoms with Crippen LogP contribution in [0.5, 0.6) is 0 Å². The number of hydrogen-bond donors (Lipinski definition) is 2. The quantitative estimate of drug-likeness (QED) is 0.841. The Morgan fingerprint density at radius 2 is 2.23 bits per heavy atom. The second-order valence-corrected chi connectivity index (χ2v) is 7.05. The zero-order valence-electron chi connectivity index (χ0n) is 14.5. The summed E-state index contributed by atoms with van der Waals surface area (Å²) in [5, 5.41) is 17.5. The third-order valence-corrected chi connectivity index (χ3v) is 5.47. The Morgan fingerprint density at radius 1 is 1.35 bits per heavy atom. The van der Waals surface area contributed by atoms with E-state index in [-0.39, 0.29) is 18.4 Å². The molecule has 2 saturated heterocycles. The number of amides is 2. The van der Waals surface area contributed by atoms with Crippen molar-refractivity contribution < 1.29 is 14.7 Å². The average Bonchev–Trinajstić information content (AvgIpc) is 3.20. The van der Waals surface area contributed by atoms with Gasteiger partial charge in [0.1, 0.15) is 0 Å². The Balaban J connectivity index is 1.59. The molecule has 2 fully saturated rings. The number of hydrogen-bond acceptors (Lipinski definition) is 4. The van der Waals surface area contributed by atoms with E-state index in [9.17, 15) is 14.7 Å². The molecule has 4 rings (SSSR count). The minimum atomic E-state index is -0.883. The zero-order valence-corrected chi connectivity index (χ0v) is 14.5. The van der Waals surface area contributed by atoms with Crippen molar-refractivity contribution in [2.24, 2.45) is 5.41 Å². The van der Waals surface area contributed by atoms with Crippen LogP contribution in [0.2, 0.25) is 0 Å². The number of benzene rings is 1. The Labute approximate surface area is 151 Å². The highest BCUT2D eigenvalue weighted by atomic mass is 16.3. The van der Waals surface area contributed by atoms with Crippen molar-refractivity contribution in [2.75, 3.05) is 19.6 Å². The second kappa shape index (κ2) is 6.57. The fraction of sp³-hybridized carbons (Fsp3) is 0.421. The standard InChI is InChI=1S/C19H22N4O3/c24-16-6-11-22(13-19(16)7-2-8-20-18(19)26)17(25)14-4-1-5-15(12-14)23-10-3-9-21-23/h1,3-5,9-10,12,16,24H,2,6-8,11,13H2,(H,20,26)/t16-,19+/m0/s1. The molecule has 7 nitrogen and oxygen atoms in total. The number of nitrogens with one attached hydrogen (secondary N) is 1. The largest absolute Gasteiger partial charge is 0.392 e. The first-order chi connectivity index (χ1) is 12.6. The highest BCUT2D eigenvalue weighted by Crippen LogP contribution is 2.37. The molecule has 2 atom stereocenters. The Hall–Kier alpha value is -2.67. The Bertz CT molecular complexity index is 820. The number of carbonyl (C=O) groups is 2. The van der Waals surface area contributed by atoms with Crippen molar-refractivity contribution in [1.29, 1.82) is 0 Å². The first kappa shape index (κ1) is 16.8. The lowest BCUT2D eigenvalue weighted by Gasteiger charge is -2.46. The number of aliphatic hydroxyl groups excluding tert-OH is 1. The van der Waals surface area contributed by atoms with Crippen molar-refractivity contribution in [1.82, 2.24) is 20.0 Å². The molecule has 1 aromatic carbocycles. The normalized spacial score (nSPS) is 26.0. The fourth-order valence-corrected chi connectivity index (χ4v) is 4.00. The van der Waals surface area contributed by atoms with Crippen molar-refractivity contribution in [3.63, 3.8) is 0 Å². The van der Waals surface area contributed by atoms with Crippen molar-refractivity contribution >= 4 is 11.8 Å². The molecule has 136 valence electrons. The number of aromatic nitrogens is 2. The van der Waals surface area contributed by atoms with Gasteiger partial charge >= 0.3 is 0 Å². The molecule has 0 radical (unpaired) electrons. The van der Waals surface area contributed by atoms with Gasteiger partial charge in [-0.15, -0.1) is 0 Å². The first-order valence-electron chi connectivity index (χ1n) is 8.96. The molecule has 0 bridgehead atoms. The van der Waals surface area contributed by atoms with E-state index in [2.05, 4.69) is 10.4 Å². The first-order valence-corrected chi connectivity index (χ1v) is 8.96. The van der Waals surface area contributed by atoms with Crippen LogP contribution in [0.3, 0.4) is 0 Å². The highest BCUT2D eigenvalue weighted by molar-refractivity contribution is 5.95. The van der Waals surface area contributed by atoms with E-state index < -0.39 is 11.5 Å². The molecule has 1 spiro atoms. The summed E-state index contributed by atoms with van der Waals surface area (Å²) in [6.45, 7) is 1.33. The van der Waals surface area contributed by atoms with Crippen LogP contribution >= 0.6 is 0 Å². The van der Waals surface area contributed by atoms with Crippen molar-refractivity contribution in [3.8, 4) is 5.69 Å². The number of aliphatic hydroxyl groups is 1. The maximum Gasteiger partial charge on any atom is 0.253 e. The summed E-state index contributed by atoms with van der Waals surface area (Å²) in [4.78, 5) is 27.2. The van der Waals surface area contributed by atoms with E-state index >= 15 is 0 Å². The minimum absolute atomic E-state index is 0.122. The smallest absolute Gasteiger partial charge is 0.253 e. The second-order valence-electron chi connectivity index (χ2n) is 7.05. The van der Waals surface area contributed by atoms with Gasteiger partial charge in [0.2, 0.25) is 5.91 Å². The summed E-state index contributed by atoms with van der Waals surface area (Å²) >= 11 is 0. The molecule has 2 aliphatic heterocycles. The number of likely N-dealkylation sites (tertiary alicyclic amines) is 1. The van der Waals surface area contributed by atoms with E-state index in [1.807, 2.05) is 24.4 Å². The lowest BCUT2D eigenvalue weighted by atomic mass is 9.71. The van der Waals surface area contributed by atoms with Gasteiger partial charge in [-0.3, -0.25) is 9.59 Å². The van der Waals surface area contributed by atoms with Gasteiger partial charge in [-0.1, -0.05) is 6.07 Å². The molecule has 26 heavy (non-hydrogen) atoms. The maximum atomic E-state index is 13.0. The molecule has 2 amide bonds. The molecule has 0 aliphatic carbocycles. The summed E-state index contributed by atoms with van der Waals surface area (Å²) in [5.41, 5.74) is 0.481. The van der Waals surface area contributed by atoms with Gasteiger partial charge in [0.15, 0.2) is 0 Å². The topological polar surface area (TPSA) is 87.5 Å². The van der Waals surface area contributed by atoms with E-state index in [1.54, 1.807) is 27.9 Å². The van der Waals surface area contributed by atoms with Gasteiger partial charge in [0.05, 0.1) is 17.2 Å². The molecule has 7 heteroatoms. The Kier molecular flexibility index (Phi) is 4.24. The van der Waals surface area contributed by atoms with Gasteiger partial charge in [0, 0.05) is 37.6 Å². The zero-order chi connectivity index (χ0) is 18.1. The van der Waals surface area contributed by atoms with Crippen LogP contribution in [0.1, 0.15) is 29.6 Å². The monoisotopic (exact) mass is 354 g/mol. The van der Waals surface area contributed by atoms with Gasteiger partial charge in [0.25, 0.3) is 5.91 Å². The fourth-order valence-electron chi connectivity index (χ4n) is 4.00. The molecule has 2 aromatic rings. The summed E-state index contributed by atoms with van der Waals surface area (Å²) in [7, 11) is 0. The molecular weight excluding hydrogens is 332 g/mol. The van der Waals surface area contributed by atoms with Crippen molar-refractivity contribution in [3.05, 3.63) is 48.3 Å². The molecule has 2 N–H and O–H groups in total. The van der Waals surface area contributed by atoms with Crippen molar-refractivity contribution in [2.45, 2.75) is 25.4 Å². The van der Waals surface area contributed by atoms with Crippen LogP contribution in [-0.4, -0.2) is 57.3 Å². The number of nitrogens with zero attached hydrogens (tertiary/aromatic N) is 3. The summed E-state index contributed by atoms with van der Waals surface area (Å²) < 4.78 is 1.70. The van der Waals surface area contributed by atoms with Gasteiger partial charge in [-0.25, -0.2) is 4.68 Å².